The van der Waals surface area contributed by atoms with E-state index in [1.165, 1.54) is 18.2 Å². The Labute approximate surface area is 90.9 Å². The van der Waals surface area contributed by atoms with Gasteiger partial charge >= 0.3 is 0 Å². The van der Waals surface area contributed by atoms with Crippen LogP contribution in [0.4, 0.5) is 5.69 Å². The van der Waals surface area contributed by atoms with Crippen molar-refractivity contribution in [2.24, 2.45) is 0 Å². The summed E-state index contributed by atoms with van der Waals surface area (Å²) in [6.45, 7) is 0.828. The first-order chi connectivity index (χ1) is 7.72. The van der Waals surface area contributed by atoms with Crippen LogP contribution in [0.5, 0.6) is 0 Å². The van der Waals surface area contributed by atoms with Crippen molar-refractivity contribution in [3.8, 4) is 0 Å². The number of carbonyl (C=O) groups is 1. The van der Waals surface area contributed by atoms with Crippen molar-refractivity contribution >= 4 is 12.0 Å². The molecule has 1 aromatic rings. The average molecular weight is 223 g/mol. The van der Waals surface area contributed by atoms with E-state index in [9.17, 15) is 14.9 Å². The highest BCUT2D eigenvalue weighted by atomic mass is 16.7. The molecule has 0 spiro atoms. The van der Waals surface area contributed by atoms with Crippen LogP contribution in [0.1, 0.15) is 22.2 Å². The van der Waals surface area contributed by atoms with Gasteiger partial charge < -0.3 is 9.47 Å². The van der Waals surface area contributed by atoms with Crippen molar-refractivity contribution in [2.75, 3.05) is 13.2 Å². The molecule has 16 heavy (non-hydrogen) atoms. The Balaban J connectivity index is 2.42. The molecule has 0 amide bonds. The van der Waals surface area contributed by atoms with Crippen LogP contribution in [0, 0.1) is 10.1 Å². The van der Waals surface area contributed by atoms with Gasteiger partial charge in [0.15, 0.2) is 6.29 Å². The van der Waals surface area contributed by atoms with E-state index in [1.807, 2.05) is 0 Å². The van der Waals surface area contributed by atoms with E-state index in [-0.39, 0.29) is 11.3 Å². The number of nitro groups is 1. The smallest absolute Gasteiger partial charge is 0.278 e. The Hall–Kier alpha value is -1.79. The molecule has 1 aliphatic heterocycles. The summed E-state index contributed by atoms with van der Waals surface area (Å²) in [5.41, 5.74) is 0.443. The Bertz CT molecular complexity index is 425. The minimum Gasteiger partial charge on any atom is -0.346 e. The summed E-state index contributed by atoms with van der Waals surface area (Å²) in [7, 11) is 0. The molecule has 0 aromatic heterocycles. The topological polar surface area (TPSA) is 78.7 Å². The van der Waals surface area contributed by atoms with Crippen LogP contribution in [0.15, 0.2) is 18.2 Å². The summed E-state index contributed by atoms with van der Waals surface area (Å²) >= 11 is 0. The monoisotopic (exact) mass is 223 g/mol. The molecule has 0 atom stereocenters. The zero-order chi connectivity index (χ0) is 11.5. The zero-order valence-electron chi connectivity index (χ0n) is 8.29. The third-order valence-corrected chi connectivity index (χ3v) is 2.26. The van der Waals surface area contributed by atoms with E-state index in [0.29, 0.717) is 25.1 Å². The van der Waals surface area contributed by atoms with Crippen molar-refractivity contribution in [2.45, 2.75) is 6.29 Å². The molecule has 1 fully saturated rings. The lowest BCUT2D eigenvalue weighted by Gasteiger charge is -2.09. The number of hydrogen-bond acceptors (Lipinski definition) is 5. The highest BCUT2D eigenvalue weighted by Gasteiger charge is 2.26. The third kappa shape index (κ3) is 1.93. The van der Waals surface area contributed by atoms with E-state index in [0.717, 1.165) is 0 Å². The molecule has 0 aliphatic carbocycles. The third-order valence-electron chi connectivity index (χ3n) is 2.26. The fourth-order valence-corrected chi connectivity index (χ4v) is 1.53. The summed E-state index contributed by atoms with van der Waals surface area (Å²) < 4.78 is 10.4. The van der Waals surface area contributed by atoms with Crippen LogP contribution in [-0.2, 0) is 9.47 Å². The highest BCUT2D eigenvalue weighted by Crippen LogP contribution is 2.31. The second-order valence-corrected chi connectivity index (χ2v) is 3.27. The number of rotatable bonds is 3. The summed E-state index contributed by atoms with van der Waals surface area (Å²) in [6.07, 6.45) is -0.145. The van der Waals surface area contributed by atoms with Crippen LogP contribution in [0.3, 0.4) is 0 Å². The first kappa shape index (κ1) is 10.7. The predicted octanol–water partition coefficient (Wildman–Crippen LogP) is 1.45. The fourth-order valence-electron chi connectivity index (χ4n) is 1.53. The minimum atomic E-state index is -0.707. The van der Waals surface area contributed by atoms with Crippen LogP contribution in [-0.4, -0.2) is 24.4 Å². The standard InChI is InChI=1S/C10H9NO5/c12-6-7-1-2-8(9(5-7)11(13)14)10-15-3-4-16-10/h1-2,5-6,10H,3-4H2. The zero-order valence-corrected chi connectivity index (χ0v) is 8.29. The number of benzene rings is 1. The molecular weight excluding hydrogens is 214 g/mol. The van der Waals surface area contributed by atoms with Crippen molar-refractivity contribution in [3.05, 3.63) is 39.4 Å². The van der Waals surface area contributed by atoms with Gasteiger partial charge in [-0.25, -0.2) is 0 Å². The molecule has 84 valence electrons. The maximum Gasteiger partial charge on any atom is 0.278 e. The van der Waals surface area contributed by atoms with Crippen LogP contribution in [0.25, 0.3) is 0 Å². The van der Waals surface area contributed by atoms with E-state index < -0.39 is 11.2 Å². The number of nitrogens with zero attached hydrogens (tertiary/aromatic N) is 1. The van der Waals surface area contributed by atoms with Crippen molar-refractivity contribution in [3.63, 3.8) is 0 Å². The van der Waals surface area contributed by atoms with E-state index in [1.54, 1.807) is 0 Å². The SMILES string of the molecule is O=Cc1ccc(C2OCCO2)c([N+](=O)[O-])c1. The minimum absolute atomic E-state index is 0.156. The lowest BCUT2D eigenvalue weighted by Crippen LogP contribution is -2.03. The largest absolute Gasteiger partial charge is 0.346 e. The summed E-state index contributed by atoms with van der Waals surface area (Å²) in [6, 6.07) is 4.20. The molecule has 1 heterocycles. The van der Waals surface area contributed by atoms with Gasteiger partial charge in [-0.05, 0) is 6.07 Å². The molecule has 0 bridgehead atoms. The van der Waals surface area contributed by atoms with E-state index in [4.69, 9.17) is 9.47 Å². The van der Waals surface area contributed by atoms with E-state index >= 15 is 0 Å². The second-order valence-electron chi connectivity index (χ2n) is 3.27. The van der Waals surface area contributed by atoms with Gasteiger partial charge in [0.05, 0.1) is 23.7 Å². The lowest BCUT2D eigenvalue weighted by atomic mass is 10.1. The number of aldehydes is 1. The number of carbonyl (C=O) groups excluding carboxylic acids is 1. The number of ether oxygens (including phenoxy) is 2. The Morgan fingerprint density at radius 1 is 1.38 bits per heavy atom. The molecule has 0 N–H and O–H groups in total. The first-order valence-electron chi connectivity index (χ1n) is 4.69. The fraction of sp³-hybridized carbons (Fsp3) is 0.300. The van der Waals surface area contributed by atoms with Gasteiger partial charge in [-0.2, -0.15) is 0 Å². The van der Waals surface area contributed by atoms with Crippen LogP contribution in [0.2, 0.25) is 0 Å². The summed E-state index contributed by atoms with van der Waals surface area (Å²) in [5, 5.41) is 10.8. The van der Waals surface area contributed by atoms with Crippen LogP contribution >= 0.6 is 0 Å². The van der Waals surface area contributed by atoms with Gasteiger partial charge in [0, 0.05) is 11.6 Å². The van der Waals surface area contributed by atoms with Crippen molar-refractivity contribution in [1.82, 2.24) is 0 Å². The van der Waals surface area contributed by atoms with Crippen molar-refractivity contribution in [1.29, 1.82) is 0 Å². The quantitative estimate of drug-likeness (QED) is 0.440. The normalized spacial score (nSPS) is 16.2. The second kappa shape index (κ2) is 4.38. The Kier molecular flexibility index (Phi) is 2.93. The maximum absolute atomic E-state index is 10.8. The number of nitro benzene ring substituents is 1. The van der Waals surface area contributed by atoms with Gasteiger partial charge in [0.25, 0.3) is 5.69 Å². The van der Waals surface area contributed by atoms with Gasteiger partial charge in [-0.3, -0.25) is 14.9 Å². The van der Waals surface area contributed by atoms with Gasteiger partial charge in [-0.15, -0.1) is 0 Å². The average Bonchev–Trinajstić information content (AvgIpc) is 2.81. The molecule has 0 radical (unpaired) electrons. The van der Waals surface area contributed by atoms with Gasteiger partial charge in [0.2, 0.25) is 0 Å². The first-order valence-corrected chi connectivity index (χ1v) is 4.69. The number of hydrogen-bond donors (Lipinski definition) is 0. The van der Waals surface area contributed by atoms with E-state index in [2.05, 4.69) is 0 Å². The maximum atomic E-state index is 10.8. The van der Waals surface area contributed by atoms with Gasteiger partial charge in [-0.1, -0.05) is 6.07 Å². The molecule has 1 aliphatic rings. The molecule has 0 saturated carbocycles. The Morgan fingerprint density at radius 2 is 2.06 bits per heavy atom. The molecule has 0 unspecified atom stereocenters. The van der Waals surface area contributed by atoms with Crippen LogP contribution < -0.4 is 0 Å². The molecule has 6 heteroatoms. The molecule has 1 aromatic carbocycles. The van der Waals surface area contributed by atoms with Crippen molar-refractivity contribution < 1.29 is 19.2 Å². The molecule has 6 nitrogen and oxygen atoms in total. The molecular formula is C10H9NO5. The highest BCUT2D eigenvalue weighted by molar-refractivity contribution is 5.76. The lowest BCUT2D eigenvalue weighted by molar-refractivity contribution is -0.386. The molecule has 1 saturated heterocycles. The predicted molar refractivity (Wildman–Crippen MR) is 53.1 cm³/mol. The van der Waals surface area contributed by atoms with Gasteiger partial charge in [0.1, 0.15) is 6.29 Å². The Morgan fingerprint density at radius 3 is 2.62 bits per heavy atom. The molecule has 2 rings (SSSR count). The summed E-state index contributed by atoms with van der Waals surface area (Å²) in [5.74, 6) is 0. The summed E-state index contributed by atoms with van der Waals surface area (Å²) in [4.78, 5) is 20.8.